The zero-order valence-corrected chi connectivity index (χ0v) is 16.0. The van der Waals surface area contributed by atoms with Crippen LogP contribution >= 0.6 is 0 Å². The van der Waals surface area contributed by atoms with Crippen molar-refractivity contribution in [3.63, 3.8) is 0 Å². The van der Waals surface area contributed by atoms with Crippen molar-refractivity contribution in [3.05, 3.63) is 46.8 Å². The van der Waals surface area contributed by atoms with Gasteiger partial charge in [0.1, 0.15) is 5.82 Å². The van der Waals surface area contributed by atoms with E-state index >= 15 is 0 Å². The summed E-state index contributed by atoms with van der Waals surface area (Å²) in [7, 11) is 0. The molecule has 0 bridgehead atoms. The first-order valence-corrected chi connectivity index (χ1v) is 10.2. The molecule has 1 aromatic rings. The van der Waals surface area contributed by atoms with Crippen molar-refractivity contribution in [2.24, 2.45) is 17.8 Å². The molecule has 0 atom stereocenters. The second-order valence-corrected chi connectivity index (χ2v) is 8.52. The van der Waals surface area contributed by atoms with Gasteiger partial charge in [0.05, 0.1) is 5.56 Å². The number of allylic oxidation sites excluding steroid dienone is 2. The summed E-state index contributed by atoms with van der Waals surface area (Å²) in [6.45, 7) is 3.90. The molecule has 0 saturated heterocycles. The predicted octanol–water partition coefficient (Wildman–Crippen LogP) is 7.73. The third kappa shape index (κ3) is 4.53. The van der Waals surface area contributed by atoms with Gasteiger partial charge in [-0.3, -0.25) is 0 Å². The van der Waals surface area contributed by atoms with Gasteiger partial charge in [0.2, 0.25) is 0 Å². The predicted molar refractivity (Wildman–Crippen MR) is 101 cm³/mol. The van der Waals surface area contributed by atoms with Crippen LogP contribution in [0, 0.1) is 30.5 Å². The average Bonchev–Trinajstić information content (AvgIpc) is 2.62. The number of halogens is 3. The van der Waals surface area contributed by atoms with Crippen LogP contribution in [-0.4, -0.2) is 0 Å². The fourth-order valence-electron chi connectivity index (χ4n) is 4.70. The molecular formula is C23H31F3. The fraction of sp³-hybridized carbons (Fsp3) is 0.652. The first-order chi connectivity index (χ1) is 12.5. The maximum absolute atomic E-state index is 14.6. The van der Waals surface area contributed by atoms with Gasteiger partial charge in [-0.25, -0.2) is 13.2 Å². The van der Waals surface area contributed by atoms with Crippen molar-refractivity contribution in [2.45, 2.75) is 77.6 Å². The van der Waals surface area contributed by atoms with E-state index in [4.69, 9.17) is 0 Å². The maximum Gasteiger partial charge on any atom is 0.266 e. The van der Waals surface area contributed by atoms with Crippen LogP contribution < -0.4 is 0 Å². The van der Waals surface area contributed by atoms with E-state index in [2.05, 4.69) is 19.1 Å². The van der Waals surface area contributed by atoms with Crippen molar-refractivity contribution < 1.29 is 13.2 Å². The van der Waals surface area contributed by atoms with E-state index in [1.54, 1.807) is 19.1 Å². The van der Waals surface area contributed by atoms with Gasteiger partial charge < -0.3 is 0 Å². The third-order valence-electron chi connectivity index (χ3n) is 6.57. The molecule has 0 aliphatic heterocycles. The van der Waals surface area contributed by atoms with Gasteiger partial charge >= 0.3 is 0 Å². The molecule has 0 amide bonds. The average molecular weight is 364 g/mol. The van der Waals surface area contributed by atoms with Crippen molar-refractivity contribution in [1.82, 2.24) is 0 Å². The summed E-state index contributed by atoms with van der Waals surface area (Å²) in [5.74, 6) is 1.57. The Hall–Kier alpha value is -1.25. The normalized spacial score (nSPS) is 30.2. The molecule has 3 rings (SSSR count). The van der Waals surface area contributed by atoms with Crippen LogP contribution in [0.4, 0.5) is 13.2 Å². The van der Waals surface area contributed by atoms with Crippen molar-refractivity contribution >= 4 is 0 Å². The van der Waals surface area contributed by atoms with Gasteiger partial charge in [-0.05, 0) is 80.2 Å². The van der Waals surface area contributed by atoms with E-state index in [1.807, 2.05) is 0 Å². The SMILES string of the molecule is Cc1ccc(C2CCC(/C=C/C3CCC(C)CC3)CC2)c(F)c1C(F)F. The molecule has 2 fully saturated rings. The molecule has 2 aliphatic carbocycles. The number of rotatable bonds is 4. The van der Waals surface area contributed by atoms with Crippen LogP contribution in [0.2, 0.25) is 0 Å². The summed E-state index contributed by atoms with van der Waals surface area (Å²) in [6, 6.07) is 3.37. The Bertz CT molecular complexity index is 619. The van der Waals surface area contributed by atoms with Gasteiger partial charge in [-0.2, -0.15) is 0 Å². The molecule has 2 saturated carbocycles. The van der Waals surface area contributed by atoms with Crippen molar-refractivity contribution in [3.8, 4) is 0 Å². The summed E-state index contributed by atoms with van der Waals surface area (Å²) in [5, 5.41) is 0. The van der Waals surface area contributed by atoms with Crippen LogP contribution in [0.3, 0.4) is 0 Å². The van der Waals surface area contributed by atoms with Crippen LogP contribution in [0.25, 0.3) is 0 Å². The molecule has 144 valence electrons. The topological polar surface area (TPSA) is 0 Å². The lowest BCUT2D eigenvalue weighted by atomic mass is 9.77. The van der Waals surface area contributed by atoms with E-state index in [-0.39, 0.29) is 5.92 Å². The Labute approximate surface area is 155 Å². The second-order valence-electron chi connectivity index (χ2n) is 8.52. The minimum atomic E-state index is -2.74. The largest absolute Gasteiger partial charge is 0.266 e. The van der Waals surface area contributed by atoms with E-state index in [0.29, 0.717) is 17.0 Å². The lowest BCUT2D eigenvalue weighted by Gasteiger charge is -2.29. The molecule has 0 nitrogen and oxygen atoms in total. The Morgan fingerprint density at radius 3 is 1.96 bits per heavy atom. The molecule has 0 heterocycles. The van der Waals surface area contributed by atoms with Crippen LogP contribution in [0.5, 0.6) is 0 Å². The first kappa shape index (κ1) is 19.5. The van der Waals surface area contributed by atoms with Crippen LogP contribution in [-0.2, 0) is 0 Å². The van der Waals surface area contributed by atoms with Crippen LogP contribution in [0.15, 0.2) is 24.3 Å². The van der Waals surface area contributed by atoms with E-state index in [0.717, 1.165) is 37.5 Å². The number of hydrogen-bond donors (Lipinski definition) is 0. The zero-order chi connectivity index (χ0) is 18.7. The first-order valence-electron chi connectivity index (χ1n) is 10.2. The molecule has 0 N–H and O–H groups in total. The Kier molecular flexibility index (Phi) is 6.47. The summed E-state index contributed by atoms with van der Waals surface area (Å²) in [4.78, 5) is 0. The Balaban J connectivity index is 1.58. The highest BCUT2D eigenvalue weighted by molar-refractivity contribution is 5.36. The summed E-state index contributed by atoms with van der Waals surface area (Å²) in [5.41, 5.74) is 0.435. The lowest BCUT2D eigenvalue weighted by Crippen LogP contribution is -2.15. The van der Waals surface area contributed by atoms with Gasteiger partial charge in [-0.15, -0.1) is 0 Å². The molecule has 1 aromatic carbocycles. The smallest absolute Gasteiger partial charge is 0.206 e. The molecule has 0 unspecified atom stereocenters. The van der Waals surface area contributed by atoms with Crippen molar-refractivity contribution in [1.29, 1.82) is 0 Å². The number of benzene rings is 1. The molecule has 0 aromatic heterocycles. The summed E-state index contributed by atoms with van der Waals surface area (Å²) >= 11 is 0. The van der Waals surface area contributed by atoms with Gasteiger partial charge in [-0.1, -0.05) is 44.1 Å². The molecule has 2 aliphatic rings. The minimum absolute atomic E-state index is 0.0771. The standard InChI is InChI=1S/C23H31F3/c1-15-3-6-17(7-4-15)8-9-18-10-12-19(13-11-18)20-14-5-16(2)21(22(20)24)23(25)26/h5,8-9,14-15,17-19,23H,3-4,6-7,10-13H2,1-2H3/b9-8+. The maximum atomic E-state index is 14.6. The van der Waals surface area contributed by atoms with Crippen LogP contribution in [0.1, 0.15) is 87.3 Å². The zero-order valence-electron chi connectivity index (χ0n) is 16.0. The minimum Gasteiger partial charge on any atom is -0.206 e. The number of hydrogen-bond acceptors (Lipinski definition) is 0. The van der Waals surface area contributed by atoms with E-state index < -0.39 is 17.8 Å². The van der Waals surface area contributed by atoms with Gasteiger partial charge in [0.25, 0.3) is 6.43 Å². The van der Waals surface area contributed by atoms with E-state index in [1.165, 1.54) is 25.7 Å². The Morgan fingerprint density at radius 2 is 1.42 bits per heavy atom. The lowest BCUT2D eigenvalue weighted by molar-refractivity contribution is 0.145. The number of alkyl halides is 2. The third-order valence-corrected chi connectivity index (χ3v) is 6.57. The molecule has 0 spiro atoms. The molecule has 26 heavy (non-hydrogen) atoms. The van der Waals surface area contributed by atoms with E-state index in [9.17, 15) is 13.2 Å². The summed E-state index contributed by atoms with van der Waals surface area (Å²) < 4.78 is 40.9. The monoisotopic (exact) mass is 364 g/mol. The molecule has 0 radical (unpaired) electrons. The quantitative estimate of drug-likeness (QED) is 0.480. The Morgan fingerprint density at radius 1 is 0.885 bits per heavy atom. The highest BCUT2D eigenvalue weighted by atomic mass is 19.3. The fourth-order valence-corrected chi connectivity index (χ4v) is 4.70. The van der Waals surface area contributed by atoms with Gasteiger partial charge in [0, 0.05) is 0 Å². The van der Waals surface area contributed by atoms with Gasteiger partial charge in [0.15, 0.2) is 0 Å². The van der Waals surface area contributed by atoms with Crippen molar-refractivity contribution in [2.75, 3.05) is 0 Å². The molecular weight excluding hydrogens is 333 g/mol. The molecule has 3 heteroatoms. The number of aryl methyl sites for hydroxylation is 1. The highest BCUT2D eigenvalue weighted by Crippen LogP contribution is 2.40. The summed E-state index contributed by atoms with van der Waals surface area (Å²) in [6.07, 6.45) is 11.2. The second kappa shape index (κ2) is 8.63. The highest BCUT2D eigenvalue weighted by Gasteiger charge is 2.27.